The maximum absolute atomic E-state index is 12.0. The highest BCUT2D eigenvalue weighted by atomic mass is 16.5. The predicted octanol–water partition coefficient (Wildman–Crippen LogP) is 3.38. The van der Waals surface area contributed by atoms with E-state index in [1.54, 1.807) is 0 Å². The molecule has 1 rings (SSSR count). The van der Waals surface area contributed by atoms with Gasteiger partial charge in [0.2, 0.25) is 0 Å². The van der Waals surface area contributed by atoms with Gasteiger partial charge in [0, 0.05) is 6.04 Å². The smallest absolute Gasteiger partial charge is 0.307 e. The number of esters is 1. The van der Waals surface area contributed by atoms with Crippen molar-refractivity contribution >= 4 is 5.97 Å². The van der Waals surface area contributed by atoms with Crippen LogP contribution in [-0.4, -0.2) is 24.7 Å². The zero-order valence-corrected chi connectivity index (χ0v) is 13.2. The average molecular weight is 269 g/mol. The van der Waals surface area contributed by atoms with Crippen LogP contribution < -0.4 is 5.32 Å². The van der Waals surface area contributed by atoms with E-state index in [2.05, 4.69) is 33.0 Å². The molecule has 0 aromatic heterocycles. The molecule has 1 N–H and O–H groups in total. The number of carbonyl (C=O) groups is 1. The summed E-state index contributed by atoms with van der Waals surface area (Å²) in [6.45, 7) is 11.7. The topological polar surface area (TPSA) is 38.3 Å². The third kappa shape index (κ3) is 5.52. The Hall–Kier alpha value is -0.570. The highest BCUT2D eigenvalue weighted by Crippen LogP contribution is 2.35. The quantitative estimate of drug-likeness (QED) is 0.751. The van der Waals surface area contributed by atoms with Crippen LogP contribution in [-0.2, 0) is 9.53 Å². The van der Waals surface area contributed by atoms with Gasteiger partial charge in [-0.25, -0.2) is 0 Å². The summed E-state index contributed by atoms with van der Waals surface area (Å²) in [5.74, 6) is 1.77. The lowest BCUT2D eigenvalue weighted by Gasteiger charge is -2.36. The monoisotopic (exact) mass is 269 g/mol. The van der Waals surface area contributed by atoms with E-state index in [9.17, 15) is 4.79 Å². The minimum atomic E-state index is -0.0433. The number of hydrogen-bond donors (Lipinski definition) is 1. The van der Waals surface area contributed by atoms with Crippen LogP contribution in [0.15, 0.2) is 0 Å². The molecule has 0 bridgehead atoms. The predicted molar refractivity (Wildman–Crippen MR) is 79.0 cm³/mol. The van der Waals surface area contributed by atoms with Crippen LogP contribution in [0.2, 0.25) is 0 Å². The van der Waals surface area contributed by atoms with E-state index in [4.69, 9.17) is 4.74 Å². The molecule has 0 amide bonds. The van der Waals surface area contributed by atoms with Crippen molar-refractivity contribution in [1.82, 2.24) is 5.32 Å². The van der Waals surface area contributed by atoms with Crippen LogP contribution >= 0.6 is 0 Å². The second kappa shape index (κ2) is 7.88. The Morgan fingerprint density at radius 2 is 2.00 bits per heavy atom. The molecule has 0 aromatic rings. The Balaban J connectivity index is 2.49. The van der Waals surface area contributed by atoms with Gasteiger partial charge in [0.25, 0.3) is 0 Å². The molecule has 4 atom stereocenters. The van der Waals surface area contributed by atoms with E-state index in [0.29, 0.717) is 24.2 Å². The van der Waals surface area contributed by atoms with E-state index in [1.165, 1.54) is 12.8 Å². The van der Waals surface area contributed by atoms with Gasteiger partial charge in [0.1, 0.15) is 6.10 Å². The zero-order chi connectivity index (χ0) is 14.4. The van der Waals surface area contributed by atoms with Gasteiger partial charge in [-0.1, -0.05) is 34.1 Å². The van der Waals surface area contributed by atoms with Crippen molar-refractivity contribution in [3.8, 4) is 0 Å². The molecule has 1 aliphatic rings. The third-order valence-corrected chi connectivity index (χ3v) is 4.27. The fourth-order valence-corrected chi connectivity index (χ4v) is 3.14. The fourth-order valence-electron chi connectivity index (χ4n) is 3.14. The van der Waals surface area contributed by atoms with Crippen LogP contribution in [0.4, 0.5) is 0 Å². The Morgan fingerprint density at radius 3 is 2.58 bits per heavy atom. The summed E-state index contributed by atoms with van der Waals surface area (Å²) in [6, 6.07) is 0.205. The highest BCUT2D eigenvalue weighted by Gasteiger charge is 2.33. The Morgan fingerprint density at radius 1 is 1.32 bits per heavy atom. The van der Waals surface area contributed by atoms with Crippen molar-refractivity contribution in [2.45, 2.75) is 72.4 Å². The van der Waals surface area contributed by atoms with Crippen molar-refractivity contribution in [3.05, 3.63) is 0 Å². The standard InChI is InChI=1S/C16H31NO2/c1-6-17-13(5)10-16(18)19-15-9-12(4)7-8-14(15)11(2)3/h11-15,17H,6-10H2,1-5H3. The Labute approximate surface area is 118 Å². The molecular weight excluding hydrogens is 238 g/mol. The molecular formula is C16H31NO2. The molecule has 0 saturated heterocycles. The minimum absolute atomic E-state index is 0.0433. The van der Waals surface area contributed by atoms with Crippen molar-refractivity contribution in [2.24, 2.45) is 17.8 Å². The minimum Gasteiger partial charge on any atom is -0.462 e. The zero-order valence-electron chi connectivity index (χ0n) is 13.2. The summed E-state index contributed by atoms with van der Waals surface area (Å²) in [5, 5.41) is 3.26. The number of carbonyl (C=O) groups excluding carboxylic acids is 1. The second-order valence-corrected chi connectivity index (χ2v) is 6.52. The van der Waals surface area contributed by atoms with Gasteiger partial charge >= 0.3 is 5.97 Å². The SMILES string of the molecule is CCNC(C)CC(=O)OC1CC(C)CCC1C(C)C. The Bertz CT molecular complexity index is 278. The molecule has 3 heteroatoms. The molecule has 1 saturated carbocycles. The van der Waals surface area contributed by atoms with E-state index >= 15 is 0 Å². The molecule has 0 radical (unpaired) electrons. The number of hydrogen-bond acceptors (Lipinski definition) is 3. The maximum atomic E-state index is 12.0. The van der Waals surface area contributed by atoms with Crippen LogP contribution in [0.1, 0.15) is 60.3 Å². The van der Waals surface area contributed by atoms with E-state index < -0.39 is 0 Å². The molecule has 1 aliphatic carbocycles. The first-order valence-electron chi connectivity index (χ1n) is 7.86. The number of ether oxygens (including phenoxy) is 1. The van der Waals surface area contributed by atoms with Crippen molar-refractivity contribution in [3.63, 3.8) is 0 Å². The molecule has 0 spiro atoms. The van der Waals surface area contributed by atoms with E-state index in [0.717, 1.165) is 13.0 Å². The lowest BCUT2D eigenvalue weighted by molar-refractivity contribution is -0.156. The molecule has 0 aromatic carbocycles. The van der Waals surface area contributed by atoms with Crippen molar-refractivity contribution in [1.29, 1.82) is 0 Å². The van der Waals surface area contributed by atoms with Gasteiger partial charge in [-0.15, -0.1) is 0 Å². The first-order valence-corrected chi connectivity index (χ1v) is 7.86. The summed E-state index contributed by atoms with van der Waals surface area (Å²) in [5.41, 5.74) is 0. The first kappa shape index (κ1) is 16.5. The average Bonchev–Trinajstić information content (AvgIpc) is 2.28. The van der Waals surface area contributed by atoms with Crippen LogP contribution in [0.5, 0.6) is 0 Å². The van der Waals surface area contributed by atoms with Crippen molar-refractivity contribution in [2.75, 3.05) is 6.54 Å². The van der Waals surface area contributed by atoms with Crippen LogP contribution in [0, 0.1) is 17.8 Å². The lowest BCUT2D eigenvalue weighted by atomic mass is 9.75. The molecule has 3 nitrogen and oxygen atoms in total. The highest BCUT2D eigenvalue weighted by molar-refractivity contribution is 5.70. The fraction of sp³-hybridized carbons (Fsp3) is 0.938. The van der Waals surface area contributed by atoms with Gasteiger partial charge in [-0.2, -0.15) is 0 Å². The van der Waals surface area contributed by atoms with Gasteiger partial charge < -0.3 is 10.1 Å². The van der Waals surface area contributed by atoms with Crippen molar-refractivity contribution < 1.29 is 9.53 Å². The first-order chi connectivity index (χ1) is 8.93. The summed E-state index contributed by atoms with van der Waals surface area (Å²) in [7, 11) is 0. The lowest BCUT2D eigenvalue weighted by Crippen LogP contribution is -2.37. The van der Waals surface area contributed by atoms with Crippen LogP contribution in [0.25, 0.3) is 0 Å². The summed E-state index contributed by atoms with van der Waals surface area (Å²) in [6.07, 6.45) is 4.10. The molecule has 4 unspecified atom stereocenters. The maximum Gasteiger partial charge on any atom is 0.307 e. The normalized spacial score (nSPS) is 29.3. The summed E-state index contributed by atoms with van der Waals surface area (Å²) in [4.78, 5) is 12.0. The summed E-state index contributed by atoms with van der Waals surface area (Å²) < 4.78 is 5.77. The molecule has 112 valence electrons. The molecule has 1 fully saturated rings. The van der Waals surface area contributed by atoms with Crippen LogP contribution in [0.3, 0.4) is 0 Å². The van der Waals surface area contributed by atoms with Gasteiger partial charge in [0.15, 0.2) is 0 Å². The molecule has 0 aliphatic heterocycles. The largest absolute Gasteiger partial charge is 0.462 e. The third-order valence-electron chi connectivity index (χ3n) is 4.27. The summed E-state index contributed by atoms with van der Waals surface area (Å²) >= 11 is 0. The van der Waals surface area contributed by atoms with Gasteiger partial charge in [-0.05, 0) is 44.1 Å². The number of nitrogens with one attached hydrogen (secondary N) is 1. The van der Waals surface area contributed by atoms with Gasteiger partial charge in [-0.3, -0.25) is 4.79 Å². The van der Waals surface area contributed by atoms with Gasteiger partial charge in [0.05, 0.1) is 6.42 Å². The molecule has 0 heterocycles. The Kier molecular flexibility index (Phi) is 6.84. The molecule has 19 heavy (non-hydrogen) atoms. The second-order valence-electron chi connectivity index (χ2n) is 6.52. The number of rotatable bonds is 6. The van der Waals surface area contributed by atoms with E-state index in [-0.39, 0.29) is 18.1 Å². The van der Waals surface area contributed by atoms with E-state index in [1.807, 2.05) is 6.92 Å².